The molecule has 0 bridgehead atoms. The number of rotatable bonds is 6. The zero-order valence-corrected chi connectivity index (χ0v) is 15.6. The molecule has 0 saturated heterocycles. The van der Waals surface area contributed by atoms with Crippen molar-refractivity contribution in [2.75, 3.05) is 12.4 Å². The molecular weight excluding hydrogens is 360 g/mol. The number of nitrogens with zero attached hydrogens (tertiary/aromatic N) is 3. The number of aryl methyl sites for hydroxylation is 1. The normalized spacial score (nSPS) is 11.0. The molecule has 2 aromatic carbocycles. The van der Waals surface area contributed by atoms with Crippen LogP contribution in [0.5, 0.6) is 5.75 Å². The maximum absolute atomic E-state index is 12.3. The Morgan fingerprint density at radius 2 is 1.89 bits per heavy atom. The fraction of sp³-hybridized carbons (Fsp3) is 0.150. The van der Waals surface area contributed by atoms with Crippen molar-refractivity contribution in [3.8, 4) is 11.4 Å². The maximum atomic E-state index is 12.3. The Kier molecular flexibility index (Phi) is 4.93. The molecular formula is C20H18N4O2S. The minimum atomic E-state index is -0.190. The van der Waals surface area contributed by atoms with E-state index in [0.717, 1.165) is 17.0 Å². The quantitative estimate of drug-likeness (QED) is 0.315. The highest BCUT2D eigenvalue weighted by Crippen LogP contribution is 2.19. The van der Waals surface area contributed by atoms with Gasteiger partial charge in [-0.3, -0.25) is 4.79 Å². The molecule has 2 aromatic heterocycles. The lowest BCUT2D eigenvalue weighted by atomic mass is 10.2. The molecule has 1 N–H and O–H groups in total. The molecule has 7 heteroatoms. The molecule has 0 radical (unpaired) electrons. The second-order valence-corrected chi connectivity index (χ2v) is 7.05. The third-order valence-corrected chi connectivity index (χ3v) is 4.93. The van der Waals surface area contributed by atoms with Crippen molar-refractivity contribution in [3.05, 3.63) is 76.7 Å². The Morgan fingerprint density at radius 1 is 1.11 bits per heavy atom. The van der Waals surface area contributed by atoms with Crippen LogP contribution in [0.4, 0.5) is 0 Å². The van der Waals surface area contributed by atoms with Gasteiger partial charge in [0.1, 0.15) is 11.1 Å². The van der Waals surface area contributed by atoms with Crippen LogP contribution in [-0.4, -0.2) is 32.1 Å². The topological polar surface area (TPSA) is 72.8 Å². The zero-order chi connectivity index (χ0) is 18.6. The van der Waals surface area contributed by atoms with Gasteiger partial charge in [0.25, 0.3) is 5.56 Å². The number of aromatic nitrogens is 4. The SMILES string of the molecule is Cc1ccccc1OCCSc1nc2c(cnn2-c2ccccc2)c(=O)[nH]1. The van der Waals surface area contributed by atoms with Crippen LogP contribution in [0.3, 0.4) is 0 Å². The zero-order valence-electron chi connectivity index (χ0n) is 14.8. The number of hydrogen-bond acceptors (Lipinski definition) is 5. The van der Waals surface area contributed by atoms with Gasteiger partial charge in [-0.25, -0.2) is 9.67 Å². The van der Waals surface area contributed by atoms with E-state index in [1.165, 1.54) is 11.8 Å². The number of ether oxygens (including phenoxy) is 1. The second kappa shape index (κ2) is 7.67. The first kappa shape index (κ1) is 17.4. The summed E-state index contributed by atoms with van der Waals surface area (Å²) >= 11 is 1.45. The average molecular weight is 378 g/mol. The van der Waals surface area contributed by atoms with Gasteiger partial charge in [0, 0.05) is 5.75 Å². The fourth-order valence-corrected chi connectivity index (χ4v) is 3.41. The third kappa shape index (κ3) is 3.73. The number of thioether (sulfide) groups is 1. The summed E-state index contributed by atoms with van der Waals surface area (Å²) in [6.45, 7) is 2.54. The van der Waals surface area contributed by atoms with Crippen molar-refractivity contribution in [2.45, 2.75) is 12.1 Å². The van der Waals surface area contributed by atoms with Crippen molar-refractivity contribution < 1.29 is 4.74 Å². The Balaban J connectivity index is 1.51. The number of benzene rings is 2. The van der Waals surface area contributed by atoms with Crippen LogP contribution in [0, 0.1) is 6.92 Å². The van der Waals surface area contributed by atoms with Crippen LogP contribution in [0.1, 0.15) is 5.56 Å². The summed E-state index contributed by atoms with van der Waals surface area (Å²) in [6.07, 6.45) is 1.55. The third-order valence-electron chi connectivity index (χ3n) is 4.09. The van der Waals surface area contributed by atoms with Crippen molar-refractivity contribution >= 4 is 22.8 Å². The van der Waals surface area contributed by atoms with E-state index in [1.807, 2.05) is 61.5 Å². The van der Waals surface area contributed by atoms with Gasteiger partial charge in [0.15, 0.2) is 10.8 Å². The first-order valence-electron chi connectivity index (χ1n) is 8.57. The molecule has 0 aliphatic carbocycles. The lowest BCUT2D eigenvalue weighted by Crippen LogP contribution is -2.10. The Labute approximate surface area is 160 Å². The van der Waals surface area contributed by atoms with Gasteiger partial charge in [-0.15, -0.1) is 0 Å². The van der Waals surface area contributed by atoms with Crippen LogP contribution in [0.25, 0.3) is 16.7 Å². The number of fused-ring (bicyclic) bond motifs is 1. The van der Waals surface area contributed by atoms with Gasteiger partial charge in [0.2, 0.25) is 0 Å². The van der Waals surface area contributed by atoms with E-state index in [1.54, 1.807) is 10.9 Å². The van der Waals surface area contributed by atoms with E-state index < -0.39 is 0 Å². The molecule has 0 saturated carbocycles. The largest absolute Gasteiger partial charge is 0.492 e. The summed E-state index contributed by atoms with van der Waals surface area (Å²) in [5.41, 5.74) is 2.32. The second-order valence-electron chi connectivity index (χ2n) is 5.96. The molecule has 136 valence electrons. The molecule has 0 aliphatic heterocycles. The summed E-state index contributed by atoms with van der Waals surface area (Å²) in [7, 11) is 0. The highest BCUT2D eigenvalue weighted by atomic mass is 32.2. The van der Waals surface area contributed by atoms with Crippen LogP contribution < -0.4 is 10.3 Å². The number of H-pyrrole nitrogens is 1. The minimum Gasteiger partial charge on any atom is -0.492 e. The highest BCUT2D eigenvalue weighted by Gasteiger charge is 2.11. The summed E-state index contributed by atoms with van der Waals surface area (Å²) < 4.78 is 7.48. The molecule has 0 aliphatic rings. The van der Waals surface area contributed by atoms with Crippen LogP contribution in [0.15, 0.2) is 70.7 Å². The van der Waals surface area contributed by atoms with E-state index in [-0.39, 0.29) is 5.56 Å². The van der Waals surface area contributed by atoms with Gasteiger partial charge in [0.05, 0.1) is 18.5 Å². The molecule has 0 fully saturated rings. The smallest absolute Gasteiger partial charge is 0.262 e. The molecule has 6 nitrogen and oxygen atoms in total. The Hall–Kier alpha value is -3.06. The van der Waals surface area contributed by atoms with E-state index >= 15 is 0 Å². The van der Waals surface area contributed by atoms with Gasteiger partial charge in [-0.2, -0.15) is 5.10 Å². The Morgan fingerprint density at radius 3 is 2.70 bits per heavy atom. The van der Waals surface area contributed by atoms with E-state index in [9.17, 15) is 4.79 Å². The summed E-state index contributed by atoms with van der Waals surface area (Å²) in [4.78, 5) is 19.7. The highest BCUT2D eigenvalue weighted by molar-refractivity contribution is 7.99. The average Bonchev–Trinajstić information content (AvgIpc) is 3.12. The molecule has 4 rings (SSSR count). The first-order chi connectivity index (χ1) is 13.2. The van der Waals surface area contributed by atoms with Crippen LogP contribution >= 0.6 is 11.8 Å². The molecule has 0 atom stereocenters. The van der Waals surface area contributed by atoms with Gasteiger partial charge >= 0.3 is 0 Å². The number of para-hydroxylation sites is 2. The molecule has 0 unspecified atom stereocenters. The van der Waals surface area contributed by atoms with E-state index in [4.69, 9.17) is 4.74 Å². The predicted octanol–water partition coefficient (Wildman–Crippen LogP) is 3.59. The lowest BCUT2D eigenvalue weighted by Gasteiger charge is -2.08. The molecule has 2 heterocycles. The first-order valence-corrected chi connectivity index (χ1v) is 9.55. The van der Waals surface area contributed by atoms with Gasteiger partial charge in [-0.1, -0.05) is 48.2 Å². The lowest BCUT2D eigenvalue weighted by molar-refractivity contribution is 0.341. The maximum Gasteiger partial charge on any atom is 0.262 e. The molecule has 4 aromatic rings. The summed E-state index contributed by atoms with van der Waals surface area (Å²) in [6, 6.07) is 17.5. The number of aromatic amines is 1. The minimum absolute atomic E-state index is 0.190. The number of nitrogens with one attached hydrogen (secondary N) is 1. The van der Waals surface area contributed by atoms with Crippen LogP contribution in [0.2, 0.25) is 0 Å². The monoisotopic (exact) mass is 378 g/mol. The van der Waals surface area contributed by atoms with Crippen molar-refractivity contribution in [3.63, 3.8) is 0 Å². The van der Waals surface area contributed by atoms with Gasteiger partial charge < -0.3 is 9.72 Å². The van der Waals surface area contributed by atoms with Gasteiger partial charge in [-0.05, 0) is 30.7 Å². The fourth-order valence-electron chi connectivity index (χ4n) is 2.73. The standard InChI is InChI=1S/C20H18N4O2S/c1-14-7-5-6-10-17(14)26-11-12-27-20-22-18-16(19(25)23-20)13-21-24(18)15-8-3-2-4-9-15/h2-10,13H,11-12H2,1H3,(H,22,23,25). The van der Waals surface area contributed by atoms with E-state index in [2.05, 4.69) is 15.1 Å². The predicted molar refractivity (Wildman–Crippen MR) is 107 cm³/mol. The van der Waals surface area contributed by atoms with Crippen molar-refractivity contribution in [2.24, 2.45) is 0 Å². The van der Waals surface area contributed by atoms with E-state index in [0.29, 0.717) is 28.5 Å². The summed E-state index contributed by atoms with van der Waals surface area (Å²) in [5, 5.41) is 5.34. The van der Waals surface area contributed by atoms with Crippen molar-refractivity contribution in [1.29, 1.82) is 0 Å². The Bertz CT molecular complexity index is 1120. The molecule has 0 amide bonds. The summed E-state index contributed by atoms with van der Waals surface area (Å²) in [5.74, 6) is 1.54. The molecule has 0 spiro atoms. The van der Waals surface area contributed by atoms with Crippen molar-refractivity contribution in [1.82, 2.24) is 19.7 Å². The number of hydrogen-bond donors (Lipinski definition) is 1. The molecule has 27 heavy (non-hydrogen) atoms. The van der Waals surface area contributed by atoms with Crippen LogP contribution in [-0.2, 0) is 0 Å².